The Labute approximate surface area is 163 Å². The molecule has 1 saturated heterocycles. The summed E-state index contributed by atoms with van der Waals surface area (Å²) in [5, 5.41) is 13.9. The highest BCUT2D eigenvalue weighted by atomic mass is 79.9. The normalized spacial score (nSPS) is 22.9. The van der Waals surface area contributed by atoms with Gasteiger partial charge in [-0.1, -0.05) is 0 Å². The van der Waals surface area contributed by atoms with Crippen LogP contribution in [0.3, 0.4) is 0 Å². The number of esters is 1. The summed E-state index contributed by atoms with van der Waals surface area (Å²) >= 11 is 4.58. The highest BCUT2D eigenvalue weighted by Crippen LogP contribution is 2.37. The minimum absolute atomic E-state index is 0.162. The van der Waals surface area contributed by atoms with Crippen LogP contribution in [0.25, 0.3) is 0 Å². The molecule has 0 aliphatic carbocycles. The maximum Gasteiger partial charge on any atom is 0.344 e. The van der Waals surface area contributed by atoms with Crippen molar-refractivity contribution in [3.05, 3.63) is 45.3 Å². The lowest BCUT2D eigenvalue weighted by atomic mass is 10.3. The molecule has 3 heterocycles. The molecular formula is C17H17BrN4O3S. The molecule has 2 atom stereocenters. The smallest absolute Gasteiger partial charge is 0.344 e. The number of terminal acetylenes is 1. The van der Waals surface area contributed by atoms with Gasteiger partial charge in [-0.2, -0.15) is 4.98 Å². The summed E-state index contributed by atoms with van der Waals surface area (Å²) < 4.78 is 5.50. The summed E-state index contributed by atoms with van der Waals surface area (Å²) in [5.74, 6) is 2.03. The van der Waals surface area contributed by atoms with E-state index in [2.05, 4.69) is 31.8 Å². The first kappa shape index (κ1) is 18.9. The van der Waals surface area contributed by atoms with E-state index in [0.29, 0.717) is 30.2 Å². The fourth-order valence-corrected chi connectivity index (χ4v) is 4.02. The molecule has 0 aromatic carbocycles. The fraction of sp³-hybridized carbons (Fsp3) is 0.353. The number of pyridine rings is 1. The largest absolute Gasteiger partial charge is 0.622 e. The Hall–Kier alpha value is -1.83. The van der Waals surface area contributed by atoms with E-state index in [4.69, 9.17) is 11.2 Å². The van der Waals surface area contributed by atoms with Crippen LogP contribution in [0.1, 0.15) is 23.2 Å². The Kier molecular flexibility index (Phi) is 6.01. The summed E-state index contributed by atoms with van der Waals surface area (Å²) in [5.41, 5.74) is 0.310. The lowest BCUT2D eigenvalue weighted by Gasteiger charge is -2.38. The van der Waals surface area contributed by atoms with Crippen LogP contribution >= 0.6 is 27.3 Å². The molecular weight excluding hydrogens is 420 g/mol. The van der Waals surface area contributed by atoms with Gasteiger partial charge >= 0.3 is 5.97 Å². The molecule has 0 amide bonds. The van der Waals surface area contributed by atoms with E-state index in [1.54, 1.807) is 24.5 Å². The van der Waals surface area contributed by atoms with Gasteiger partial charge in [0.2, 0.25) is 0 Å². The first-order chi connectivity index (χ1) is 12.5. The van der Waals surface area contributed by atoms with Crippen LogP contribution in [0.4, 0.5) is 5.13 Å². The van der Waals surface area contributed by atoms with Crippen molar-refractivity contribution in [1.29, 1.82) is 0 Å². The number of aromatic nitrogens is 2. The highest BCUT2D eigenvalue weighted by Gasteiger charge is 2.46. The standard InChI is InChI=1S/C17H17BrN4O3S/c1-2-3-4-8-21-11-15(25-16(23)13-6-5-7-19-9-13)22(24,12-21)17-20-10-14(18)26-17/h1,5-7,9-10,15H,3-4,8,11-12H2. The van der Waals surface area contributed by atoms with Gasteiger partial charge in [-0.05, 0) is 45.8 Å². The van der Waals surface area contributed by atoms with Gasteiger partial charge in [-0.25, -0.2) is 9.69 Å². The number of nitrogens with zero attached hydrogens (tertiary/aromatic N) is 4. The van der Waals surface area contributed by atoms with Gasteiger partial charge in [0.25, 0.3) is 11.4 Å². The van der Waals surface area contributed by atoms with Gasteiger partial charge < -0.3 is 9.94 Å². The number of rotatable bonds is 6. The van der Waals surface area contributed by atoms with Crippen molar-refractivity contribution in [1.82, 2.24) is 19.5 Å². The van der Waals surface area contributed by atoms with E-state index in [-0.39, 0.29) is 6.67 Å². The number of hydroxylamine groups is 2. The predicted octanol–water partition coefficient (Wildman–Crippen LogP) is 2.98. The van der Waals surface area contributed by atoms with Gasteiger partial charge in [-0.15, -0.1) is 12.3 Å². The molecule has 3 rings (SSSR count). The van der Waals surface area contributed by atoms with Crippen LogP contribution < -0.4 is 4.65 Å². The number of unbranched alkanes of at least 4 members (excludes halogenated alkanes) is 1. The number of carbonyl (C=O) groups excluding carboxylic acids is 1. The number of halogens is 1. The predicted molar refractivity (Wildman–Crippen MR) is 103 cm³/mol. The van der Waals surface area contributed by atoms with Crippen LogP contribution in [-0.2, 0) is 4.74 Å². The van der Waals surface area contributed by atoms with E-state index >= 15 is 0 Å². The molecule has 9 heteroatoms. The van der Waals surface area contributed by atoms with E-state index in [1.807, 2.05) is 4.90 Å². The van der Waals surface area contributed by atoms with Crippen LogP contribution in [0.2, 0.25) is 0 Å². The molecule has 1 aliphatic heterocycles. The molecule has 2 unspecified atom stereocenters. The third kappa shape index (κ3) is 4.11. The van der Waals surface area contributed by atoms with E-state index in [1.165, 1.54) is 17.5 Å². The molecule has 0 radical (unpaired) electrons. The first-order valence-electron chi connectivity index (χ1n) is 8.00. The third-order valence-electron chi connectivity index (χ3n) is 4.01. The lowest BCUT2D eigenvalue weighted by molar-refractivity contribution is 0.00557. The summed E-state index contributed by atoms with van der Waals surface area (Å²) in [4.78, 5) is 22.5. The molecule has 2 aromatic heterocycles. The Morgan fingerprint density at radius 3 is 3.08 bits per heavy atom. The van der Waals surface area contributed by atoms with Crippen molar-refractivity contribution in [3.8, 4) is 12.3 Å². The molecule has 2 aromatic rings. The first-order valence-corrected chi connectivity index (χ1v) is 9.61. The quantitative estimate of drug-likeness (QED) is 0.227. The number of hydrogen-bond donors (Lipinski definition) is 0. The van der Waals surface area contributed by atoms with Crippen molar-refractivity contribution < 1.29 is 9.53 Å². The van der Waals surface area contributed by atoms with E-state index in [9.17, 15) is 10.0 Å². The average molecular weight is 437 g/mol. The minimum atomic E-state index is -0.897. The number of carbonyl (C=O) groups is 1. The van der Waals surface area contributed by atoms with Crippen LogP contribution in [0, 0.1) is 17.6 Å². The van der Waals surface area contributed by atoms with Gasteiger partial charge in [0.15, 0.2) is 0 Å². The van der Waals surface area contributed by atoms with Crippen LogP contribution in [-0.4, -0.2) is 46.8 Å². The van der Waals surface area contributed by atoms with E-state index < -0.39 is 16.8 Å². The maximum atomic E-state index is 13.5. The van der Waals surface area contributed by atoms with Gasteiger partial charge in [0.1, 0.15) is 6.67 Å². The topological polar surface area (TPSA) is 78.4 Å². The second-order valence-corrected chi connectivity index (χ2v) is 8.26. The number of thiazole rings is 1. The van der Waals surface area contributed by atoms with Gasteiger partial charge in [0.05, 0.1) is 22.1 Å². The summed E-state index contributed by atoms with van der Waals surface area (Å²) in [6.07, 6.45) is 10.4. The molecule has 1 fully saturated rings. The number of quaternary nitrogens is 1. The highest BCUT2D eigenvalue weighted by molar-refractivity contribution is 9.11. The van der Waals surface area contributed by atoms with Gasteiger partial charge in [0, 0.05) is 25.4 Å². The molecule has 0 spiro atoms. The maximum absolute atomic E-state index is 13.5. The van der Waals surface area contributed by atoms with Crippen LogP contribution in [0.5, 0.6) is 0 Å². The van der Waals surface area contributed by atoms with Crippen molar-refractivity contribution in [3.63, 3.8) is 0 Å². The van der Waals surface area contributed by atoms with Crippen molar-refractivity contribution in [2.24, 2.45) is 0 Å². The van der Waals surface area contributed by atoms with Crippen molar-refractivity contribution in [2.75, 3.05) is 19.8 Å². The Morgan fingerprint density at radius 1 is 1.58 bits per heavy atom. The number of ether oxygens (including phenoxy) is 1. The summed E-state index contributed by atoms with van der Waals surface area (Å²) in [6.45, 7) is 1.16. The molecule has 0 N–H and O–H groups in total. The van der Waals surface area contributed by atoms with E-state index in [0.717, 1.165) is 10.2 Å². The Bertz CT molecular complexity index is 810. The molecule has 0 bridgehead atoms. The second kappa shape index (κ2) is 8.24. The SMILES string of the molecule is C#CCCCN1CC(OC(=O)c2cccnc2)[N+]([O-])(c2ncc(Br)s2)C1. The zero-order valence-electron chi connectivity index (χ0n) is 13.9. The average Bonchev–Trinajstić information content (AvgIpc) is 3.21. The monoisotopic (exact) mass is 436 g/mol. The second-order valence-electron chi connectivity index (χ2n) is 5.87. The van der Waals surface area contributed by atoms with Crippen molar-refractivity contribution >= 4 is 38.4 Å². The van der Waals surface area contributed by atoms with Gasteiger partial charge in [-0.3, -0.25) is 9.63 Å². The molecule has 136 valence electrons. The zero-order chi connectivity index (χ0) is 18.6. The Balaban J connectivity index is 1.79. The lowest BCUT2D eigenvalue weighted by Crippen LogP contribution is -2.50. The molecule has 7 nitrogen and oxygen atoms in total. The molecule has 0 saturated carbocycles. The Morgan fingerprint density at radius 2 is 2.42 bits per heavy atom. The third-order valence-corrected chi connectivity index (χ3v) is 5.60. The summed E-state index contributed by atoms with van der Waals surface area (Å²) in [7, 11) is 0. The zero-order valence-corrected chi connectivity index (χ0v) is 16.3. The number of hydrogen-bond acceptors (Lipinski definition) is 7. The summed E-state index contributed by atoms with van der Waals surface area (Å²) in [6, 6.07) is 3.25. The molecule has 26 heavy (non-hydrogen) atoms. The minimum Gasteiger partial charge on any atom is -0.622 e. The molecule has 1 aliphatic rings. The van der Waals surface area contributed by atoms with Crippen molar-refractivity contribution in [2.45, 2.75) is 19.1 Å². The van der Waals surface area contributed by atoms with Crippen LogP contribution in [0.15, 0.2) is 34.5 Å². The fourth-order valence-electron chi connectivity index (χ4n) is 2.77.